The van der Waals surface area contributed by atoms with Crippen LogP contribution in [0.4, 0.5) is 0 Å². The quantitative estimate of drug-likeness (QED) is 0.860. The van der Waals surface area contributed by atoms with Crippen molar-refractivity contribution in [2.45, 2.75) is 75.0 Å². The summed E-state index contributed by atoms with van der Waals surface area (Å²) in [5.74, 6) is 1.10. The van der Waals surface area contributed by atoms with Crippen molar-refractivity contribution in [3.05, 3.63) is 0 Å². The molecule has 1 heterocycles. The van der Waals surface area contributed by atoms with Crippen molar-refractivity contribution in [2.24, 2.45) is 5.92 Å². The molecule has 0 radical (unpaired) electrons. The summed E-state index contributed by atoms with van der Waals surface area (Å²) in [5, 5.41) is 3.75. The molecule has 1 amide bonds. The predicted octanol–water partition coefficient (Wildman–Crippen LogP) is 1.95. The van der Waals surface area contributed by atoms with Gasteiger partial charge in [0, 0.05) is 12.1 Å². The van der Waals surface area contributed by atoms with E-state index in [9.17, 15) is 4.79 Å². The van der Waals surface area contributed by atoms with E-state index in [2.05, 4.69) is 29.2 Å². The van der Waals surface area contributed by atoms with Crippen molar-refractivity contribution in [3.8, 4) is 0 Å². The summed E-state index contributed by atoms with van der Waals surface area (Å²) >= 11 is 0. The molecule has 0 aromatic rings. The third-order valence-corrected chi connectivity index (χ3v) is 6.72. The van der Waals surface area contributed by atoms with Crippen LogP contribution in [0.3, 0.4) is 0 Å². The van der Waals surface area contributed by atoms with Gasteiger partial charge in [-0.3, -0.25) is 10.1 Å². The molecule has 1 saturated heterocycles. The van der Waals surface area contributed by atoms with E-state index in [-0.39, 0.29) is 11.1 Å². The first kappa shape index (κ1) is 14.0. The van der Waals surface area contributed by atoms with Gasteiger partial charge in [0.25, 0.3) is 0 Å². The van der Waals surface area contributed by atoms with Crippen molar-refractivity contribution in [3.63, 3.8) is 0 Å². The number of nitrogens with one attached hydrogen (secondary N) is 1. The standard InChI is InChI=1S/C17H29N3O/c1-19(2)16(8-5-9-16)12-20-14(13-6-3-4-7-13)18-17(10-11-17)15(20)21/h13-14,18H,3-12H2,1-2H3. The molecule has 0 bridgehead atoms. The van der Waals surface area contributed by atoms with Gasteiger partial charge in [-0.25, -0.2) is 0 Å². The maximum Gasteiger partial charge on any atom is 0.244 e. The van der Waals surface area contributed by atoms with Gasteiger partial charge in [0.2, 0.25) is 5.91 Å². The van der Waals surface area contributed by atoms with Crippen molar-refractivity contribution in [1.82, 2.24) is 15.1 Å². The lowest BCUT2D eigenvalue weighted by molar-refractivity contribution is -0.134. The minimum absolute atomic E-state index is 0.148. The Balaban J connectivity index is 1.56. The second-order valence-electron chi connectivity index (χ2n) is 8.12. The maximum absolute atomic E-state index is 12.9. The zero-order valence-corrected chi connectivity index (χ0v) is 13.5. The van der Waals surface area contributed by atoms with E-state index in [0.717, 1.165) is 19.4 Å². The van der Waals surface area contributed by atoms with E-state index < -0.39 is 0 Å². The highest BCUT2D eigenvalue weighted by Crippen LogP contribution is 2.47. The van der Waals surface area contributed by atoms with Gasteiger partial charge >= 0.3 is 0 Å². The van der Waals surface area contributed by atoms with Gasteiger partial charge in [-0.15, -0.1) is 0 Å². The van der Waals surface area contributed by atoms with E-state index in [1.807, 2.05) is 0 Å². The summed E-state index contributed by atoms with van der Waals surface area (Å²) in [7, 11) is 4.37. The largest absolute Gasteiger partial charge is 0.323 e. The van der Waals surface area contributed by atoms with Crippen molar-refractivity contribution >= 4 is 5.91 Å². The minimum Gasteiger partial charge on any atom is -0.323 e. The van der Waals surface area contributed by atoms with Crippen LogP contribution in [-0.4, -0.2) is 53.6 Å². The summed E-state index contributed by atoms with van der Waals surface area (Å²) in [5.41, 5.74) is 0.0964. The fourth-order valence-corrected chi connectivity index (χ4v) is 4.77. The molecule has 1 atom stereocenters. The Bertz CT molecular complexity index is 433. The molecule has 21 heavy (non-hydrogen) atoms. The molecule has 4 heteroatoms. The highest BCUT2D eigenvalue weighted by atomic mass is 16.2. The van der Waals surface area contributed by atoms with Crippen LogP contribution in [-0.2, 0) is 4.79 Å². The lowest BCUT2D eigenvalue weighted by Crippen LogP contribution is -2.60. The third-order valence-electron chi connectivity index (χ3n) is 6.72. The Kier molecular flexibility index (Phi) is 3.13. The molecule has 4 fully saturated rings. The molecule has 1 unspecified atom stereocenters. The molecule has 1 aliphatic heterocycles. The molecule has 1 N–H and O–H groups in total. The van der Waals surface area contributed by atoms with Crippen LogP contribution in [0.5, 0.6) is 0 Å². The van der Waals surface area contributed by atoms with E-state index in [1.165, 1.54) is 44.9 Å². The fourth-order valence-electron chi connectivity index (χ4n) is 4.77. The topological polar surface area (TPSA) is 35.6 Å². The van der Waals surface area contributed by atoms with Crippen LogP contribution in [0.15, 0.2) is 0 Å². The zero-order valence-electron chi connectivity index (χ0n) is 13.5. The van der Waals surface area contributed by atoms with Gasteiger partial charge in [-0.2, -0.15) is 0 Å². The Hall–Kier alpha value is -0.610. The first-order valence-corrected chi connectivity index (χ1v) is 8.83. The van der Waals surface area contributed by atoms with Crippen LogP contribution in [0.1, 0.15) is 57.8 Å². The average molecular weight is 291 g/mol. The van der Waals surface area contributed by atoms with Gasteiger partial charge in [-0.1, -0.05) is 12.8 Å². The Morgan fingerprint density at radius 3 is 2.29 bits per heavy atom. The molecule has 4 nitrogen and oxygen atoms in total. The van der Waals surface area contributed by atoms with E-state index in [0.29, 0.717) is 18.0 Å². The van der Waals surface area contributed by atoms with Crippen LogP contribution < -0.4 is 5.32 Å². The molecule has 3 saturated carbocycles. The molecule has 0 aromatic heterocycles. The van der Waals surface area contributed by atoms with Crippen molar-refractivity contribution in [1.29, 1.82) is 0 Å². The number of rotatable bonds is 4. The molecule has 1 spiro atoms. The van der Waals surface area contributed by atoms with Gasteiger partial charge in [0.1, 0.15) is 0 Å². The fraction of sp³-hybridized carbons (Fsp3) is 0.941. The van der Waals surface area contributed by atoms with Crippen LogP contribution in [0.25, 0.3) is 0 Å². The molecule has 4 rings (SSSR count). The van der Waals surface area contributed by atoms with Gasteiger partial charge in [-0.05, 0) is 65.0 Å². The van der Waals surface area contributed by atoms with Gasteiger partial charge < -0.3 is 9.80 Å². The Labute approximate surface area is 128 Å². The first-order chi connectivity index (χ1) is 10.1. The number of hydrogen-bond acceptors (Lipinski definition) is 3. The van der Waals surface area contributed by atoms with Gasteiger partial charge in [0.05, 0.1) is 11.7 Å². The summed E-state index contributed by atoms with van der Waals surface area (Å²) in [4.78, 5) is 17.6. The number of carbonyl (C=O) groups excluding carboxylic acids is 1. The highest BCUT2D eigenvalue weighted by Gasteiger charge is 2.61. The molecule has 118 valence electrons. The lowest BCUT2D eigenvalue weighted by Gasteiger charge is -2.50. The molecular weight excluding hydrogens is 262 g/mol. The average Bonchev–Trinajstić information content (AvgIpc) is 2.89. The summed E-state index contributed by atoms with van der Waals surface area (Å²) in [6.45, 7) is 0.939. The summed E-state index contributed by atoms with van der Waals surface area (Å²) < 4.78 is 0. The van der Waals surface area contributed by atoms with Crippen molar-refractivity contribution < 1.29 is 4.79 Å². The second kappa shape index (κ2) is 4.69. The number of likely N-dealkylation sites (N-methyl/N-ethyl adjacent to an activating group) is 1. The third kappa shape index (κ3) is 2.06. The highest BCUT2D eigenvalue weighted by molar-refractivity contribution is 5.92. The molecule has 0 aromatic carbocycles. The Morgan fingerprint density at radius 1 is 1.14 bits per heavy atom. The SMILES string of the molecule is CN(C)C1(CN2C(=O)C3(CC3)NC2C2CCCC2)CCC1. The number of nitrogens with zero attached hydrogens (tertiary/aromatic N) is 2. The first-order valence-electron chi connectivity index (χ1n) is 8.83. The molecule has 3 aliphatic carbocycles. The van der Waals surface area contributed by atoms with Crippen LogP contribution in [0.2, 0.25) is 0 Å². The predicted molar refractivity (Wildman–Crippen MR) is 82.8 cm³/mol. The van der Waals surface area contributed by atoms with Crippen molar-refractivity contribution in [2.75, 3.05) is 20.6 Å². The van der Waals surface area contributed by atoms with E-state index in [1.54, 1.807) is 0 Å². The maximum atomic E-state index is 12.9. The zero-order chi connectivity index (χ0) is 14.7. The molecular formula is C17H29N3O. The lowest BCUT2D eigenvalue weighted by atomic mass is 9.75. The van der Waals surface area contributed by atoms with E-state index in [4.69, 9.17) is 0 Å². The minimum atomic E-state index is -0.148. The number of carbonyl (C=O) groups is 1. The molecule has 4 aliphatic rings. The normalized spacial score (nSPS) is 34.0. The van der Waals surface area contributed by atoms with E-state index >= 15 is 0 Å². The van der Waals surface area contributed by atoms with Crippen LogP contribution >= 0.6 is 0 Å². The monoisotopic (exact) mass is 291 g/mol. The number of hydrogen-bond donors (Lipinski definition) is 1. The van der Waals surface area contributed by atoms with Crippen LogP contribution in [0, 0.1) is 5.92 Å². The Morgan fingerprint density at radius 2 is 1.81 bits per heavy atom. The number of amides is 1. The van der Waals surface area contributed by atoms with Gasteiger partial charge in [0.15, 0.2) is 0 Å². The summed E-state index contributed by atoms with van der Waals surface area (Å²) in [6, 6.07) is 0. The smallest absolute Gasteiger partial charge is 0.244 e. The second-order valence-corrected chi connectivity index (χ2v) is 8.12. The summed E-state index contributed by atoms with van der Waals surface area (Å²) in [6.07, 6.45) is 11.5.